The van der Waals surface area contributed by atoms with Crippen LogP contribution in [0.4, 0.5) is 0 Å². The van der Waals surface area contributed by atoms with Crippen molar-refractivity contribution in [3.63, 3.8) is 0 Å². The van der Waals surface area contributed by atoms with Crippen LogP contribution in [-0.2, 0) is 15.3 Å². The molecule has 0 saturated carbocycles. The molecular weight excluding hydrogens is 356 g/mol. The zero-order chi connectivity index (χ0) is 18.2. The highest BCUT2D eigenvalue weighted by Gasteiger charge is 2.24. The fourth-order valence-corrected chi connectivity index (χ4v) is 4.22. The lowest BCUT2D eigenvalue weighted by Crippen LogP contribution is -2.14. The van der Waals surface area contributed by atoms with Crippen LogP contribution >= 0.6 is 11.5 Å². The highest BCUT2D eigenvalue weighted by molar-refractivity contribution is 7.93. The first-order valence-electron chi connectivity index (χ1n) is 7.67. The minimum absolute atomic E-state index is 0.0592. The van der Waals surface area contributed by atoms with Crippen LogP contribution in [0.15, 0.2) is 45.8 Å². The molecule has 0 atom stereocenters. The molecule has 0 spiro atoms. The fourth-order valence-electron chi connectivity index (χ4n) is 2.11. The van der Waals surface area contributed by atoms with E-state index in [0.717, 1.165) is 22.8 Å². The molecule has 6 nitrogen and oxygen atoms in total. The highest BCUT2D eigenvalue weighted by atomic mass is 32.2. The molecule has 1 aromatic carbocycles. The fraction of sp³-hybridized carbons (Fsp3) is 0.294. The Hall–Kier alpha value is -2.19. The molecule has 2 aromatic heterocycles. The van der Waals surface area contributed by atoms with Crippen molar-refractivity contribution in [2.24, 2.45) is 0 Å². The summed E-state index contributed by atoms with van der Waals surface area (Å²) < 4.78 is 29.5. The monoisotopic (exact) mass is 374 g/mol. The molecule has 3 aromatic rings. The predicted octanol–water partition coefficient (Wildman–Crippen LogP) is 3.43. The summed E-state index contributed by atoms with van der Waals surface area (Å²) in [6.45, 7) is 8.03. The molecule has 0 aliphatic heterocycles. The molecule has 0 saturated heterocycles. The Labute approximate surface area is 151 Å². The van der Waals surface area contributed by atoms with Crippen molar-refractivity contribution in [3.8, 4) is 11.6 Å². The summed E-state index contributed by atoms with van der Waals surface area (Å²) >= 11 is 0.835. The predicted molar refractivity (Wildman–Crippen MR) is 96.3 cm³/mol. The van der Waals surface area contributed by atoms with Gasteiger partial charge in [-0.15, -0.1) is 0 Å². The van der Waals surface area contributed by atoms with Gasteiger partial charge >= 0.3 is 0 Å². The SMILES string of the molecule is Cc1ccc(S(=O)(=O)c2nc(-c3nccc(C(C)(C)C)n3)ns2)cc1. The molecule has 25 heavy (non-hydrogen) atoms. The zero-order valence-corrected chi connectivity index (χ0v) is 16.0. The van der Waals surface area contributed by atoms with Gasteiger partial charge in [-0.3, -0.25) is 0 Å². The number of hydrogen-bond donors (Lipinski definition) is 0. The van der Waals surface area contributed by atoms with Crippen LogP contribution < -0.4 is 0 Å². The van der Waals surface area contributed by atoms with Crippen LogP contribution in [0.3, 0.4) is 0 Å². The van der Waals surface area contributed by atoms with E-state index in [1.807, 2.05) is 33.8 Å². The van der Waals surface area contributed by atoms with Gasteiger partial charge < -0.3 is 0 Å². The number of benzene rings is 1. The van der Waals surface area contributed by atoms with Gasteiger partial charge in [0.15, 0.2) is 5.82 Å². The minimum Gasteiger partial charge on any atom is -0.234 e. The average molecular weight is 374 g/mol. The number of aromatic nitrogens is 4. The van der Waals surface area contributed by atoms with Crippen LogP contribution in [0, 0.1) is 6.92 Å². The van der Waals surface area contributed by atoms with E-state index in [1.165, 1.54) is 0 Å². The Morgan fingerprint density at radius 3 is 2.28 bits per heavy atom. The molecule has 0 aliphatic rings. The number of rotatable bonds is 3. The van der Waals surface area contributed by atoms with Gasteiger partial charge in [-0.05, 0) is 36.7 Å². The van der Waals surface area contributed by atoms with E-state index in [1.54, 1.807) is 30.5 Å². The summed E-state index contributed by atoms with van der Waals surface area (Å²) in [6, 6.07) is 8.49. The van der Waals surface area contributed by atoms with Gasteiger partial charge in [-0.2, -0.15) is 4.37 Å². The molecule has 0 radical (unpaired) electrons. The largest absolute Gasteiger partial charge is 0.235 e. The third-order valence-corrected chi connectivity index (χ3v) is 6.43. The summed E-state index contributed by atoms with van der Waals surface area (Å²) in [6.07, 6.45) is 1.64. The summed E-state index contributed by atoms with van der Waals surface area (Å²) in [5, 5.41) is 0. The average Bonchev–Trinajstić information content (AvgIpc) is 3.05. The first-order chi connectivity index (χ1) is 11.7. The Morgan fingerprint density at radius 2 is 1.64 bits per heavy atom. The third-order valence-electron chi connectivity index (χ3n) is 3.59. The van der Waals surface area contributed by atoms with Crippen molar-refractivity contribution in [1.82, 2.24) is 19.3 Å². The molecule has 0 amide bonds. The van der Waals surface area contributed by atoms with Crippen molar-refractivity contribution in [2.75, 3.05) is 0 Å². The second kappa shape index (κ2) is 6.27. The van der Waals surface area contributed by atoms with E-state index in [2.05, 4.69) is 19.3 Å². The van der Waals surface area contributed by atoms with Crippen LogP contribution in [0.2, 0.25) is 0 Å². The summed E-state index contributed by atoms with van der Waals surface area (Å²) in [4.78, 5) is 13.0. The van der Waals surface area contributed by atoms with Gasteiger partial charge in [0.2, 0.25) is 20.0 Å². The maximum Gasteiger partial charge on any atom is 0.235 e. The maximum absolute atomic E-state index is 12.7. The quantitative estimate of drug-likeness (QED) is 0.698. The van der Waals surface area contributed by atoms with E-state index in [4.69, 9.17) is 0 Å². The van der Waals surface area contributed by atoms with Gasteiger partial charge in [0, 0.05) is 17.3 Å². The van der Waals surface area contributed by atoms with Crippen molar-refractivity contribution >= 4 is 21.4 Å². The van der Waals surface area contributed by atoms with E-state index in [9.17, 15) is 8.42 Å². The van der Waals surface area contributed by atoms with E-state index < -0.39 is 9.84 Å². The molecule has 0 fully saturated rings. The van der Waals surface area contributed by atoms with Gasteiger partial charge in [0.1, 0.15) is 0 Å². The molecule has 8 heteroatoms. The first kappa shape index (κ1) is 17.6. The standard InChI is InChI=1S/C17H18N4O2S2/c1-11-5-7-12(8-6-11)25(22,23)16-20-15(21-24-16)14-18-10-9-13(19-14)17(2,3)4/h5-10H,1-4H3. The molecule has 0 N–H and O–H groups in total. The maximum atomic E-state index is 12.7. The molecule has 130 valence electrons. The molecule has 0 unspecified atom stereocenters. The third kappa shape index (κ3) is 3.59. The second-order valence-corrected chi connectivity index (χ2v) is 9.59. The lowest BCUT2D eigenvalue weighted by Gasteiger charge is -2.17. The molecule has 2 heterocycles. The van der Waals surface area contributed by atoms with Gasteiger partial charge in [-0.25, -0.2) is 23.4 Å². The van der Waals surface area contributed by atoms with Crippen LogP contribution in [0.25, 0.3) is 11.6 Å². The van der Waals surface area contributed by atoms with Gasteiger partial charge in [0.25, 0.3) is 0 Å². The smallest absolute Gasteiger partial charge is 0.234 e. The summed E-state index contributed by atoms with van der Waals surface area (Å²) in [7, 11) is -3.69. The van der Waals surface area contributed by atoms with Gasteiger partial charge in [0.05, 0.1) is 4.90 Å². The van der Waals surface area contributed by atoms with E-state index in [-0.39, 0.29) is 20.5 Å². The molecular formula is C17H18N4O2S2. The lowest BCUT2D eigenvalue weighted by molar-refractivity contribution is 0.567. The Bertz CT molecular complexity index is 1000. The molecule has 3 rings (SSSR count). The number of hydrogen-bond acceptors (Lipinski definition) is 7. The summed E-state index contributed by atoms with van der Waals surface area (Å²) in [5.74, 6) is 0.552. The number of sulfone groups is 1. The lowest BCUT2D eigenvalue weighted by atomic mass is 9.92. The summed E-state index contributed by atoms with van der Waals surface area (Å²) in [5.41, 5.74) is 1.68. The first-order valence-corrected chi connectivity index (χ1v) is 9.93. The van der Waals surface area contributed by atoms with E-state index in [0.29, 0.717) is 5.82 Å². The zero-order valence-electron chi connectivity index (χ0n) is 14.4. The minimum atomic E-state index is -3.69. The van der Waals surface area contributed by atoms with Crippen molar-refractivity contribution in [1.29, 1.82) is 0 Å². The van der Waals surface area contributed by atoms with Crippen molar-refractivity contribution < 1.29 is 8.42 Å². The van der Waals surface area contributed by atoms with Crippen molar-refractivity contribution in [2.45, 2.75) is 42.3 Å². The second-order valence-electron chi connectivity index (χ2n) is 6.72. The number of nitrogens with zero attached hydrogens (tertiary/aromatic N) is 4. The molecule has 0 bridgehead atoms. The number of aryl methyl sites for hydroxylation is 1. The normalized spacial score (nSPS) is 12.3. The van der Waals surface area contributed by atoms with Crippen molar-refractivity contribution in [3.05, 3.63) is 47.8 Å². The van der Waals surface area contributed by atoms with E-state index >= 15 is 0 Å². The Kier molecular flexibility index (Phi) is 4.42. The van der Waals surface area contributed by atoms with Crippen LogP contribution in [0.5, 0.6) is 0 Å². The van der Waals surface area contributed by atoms with Crippen LogP contribution in [0.1, 0.15) is 32.0 Å². The Morgan fingerprint density at radius 1 is 0.960 bits per heavy atom. The topological polar surface area (TPSA) is 85.7 Å². The Balaban J connectivity index is 1.99. The molecule has 0 aliphatic carbocycles. The van der Waals surface area contributed by atoms with Gasteiger partial charge in [-0.1, -0.05) is 38.5 Å². The highest BCUT2D eigenvalue weighted by Crippen LogP contribution is 2.26. The van der Waals surface area contributed by atoms with Crippen LogP contribution in [-0.4, -0.2) is 27.7 Å².